The van der Waals surface area contributed by atoms with E-state index in [1.54, 1.807) is 4.31 Å². The molecule has 1 amide bonds. The normalized spacial score (nSPS) is 20.5. The molecule has 1 saturated heterocycles. The Morgan fingerprint density at radius 3 is 2.23 bits per heavy atom. The number of aryl methyl sites for hydroxylation is 4. The second-order valence-electron chi connectivity index (χ2n) is 9.13. The molecular formula is C25H32N2O3S. The Kier molecular flexibility index (Phi) is 5.97. The molecule has 2 aromatic rings. The van der Waals surface area contributed by atoms with Crippen molar-refractivity contribution < 1.29 is 13.2 Å². The average Bonchev–Trinajstić information content (AvgIpc) is 2.72. The van der Waals surface area contributed by atoms with Crippen molar-refractivity contribution in [1.29, 1.82) is 0 Å². The number of rotatable bonds is 3. The van der Waals surface area contributed by atoms with Crippen molar-refractivity contribution in [3.05, 3.63) is 58.7 Å². The van der Waals surface area contributed by atoms with Gasteiger partial charge in [0.15, 0.2) is 0 Å². The van der Waals surface area contributed by atoms with Crippen molar-refractivity contribution in [2.75, 3.05) is 18.0 Å². The Morgan fingerprint density at radius 1 is 0.968 bits per heavy atom. The first-order chi connectivity index (χ1) is 14.7. The van der Waals surface area contributed by atoms with Crippen LogP contribution in [0.25, 0.3) is 0 Å². The minimum atomic E-state index is -3.57. The maximum Gasteiger partial charge on any atom is 0.243 e. The highest BCUT2D eigenvalue weighted by molar-refractivity contribution is 7.89. The number of carbonyl (C=O) groups excluding carboxylic acids is 1. The van der Waals surface area contributed by atoms with Crippen LogP contribution in [0.4, 0.5) is 5.69 Å². The van der Waals surface area contributed by atoms with E-state index in [1.165, 1.54) is 5.56 Å². The zero-order chi connectivity index (χ0) is 22.3. The monoisotopic (exact) mass is 440 g/mol. The maximum atomic E-state index is 13.5. The van der Waals surface area contributed by atoms with Crippen LogP contribution in [0, 0.1) is 26.7 Å². The zero-order valence-electron chi connectivity index (χ0n) is 18.9. The topological polar surface area (TPSA) is 57.7 Å². The van der Waals surface area contributed by atoms with Crippen LogP contribution < -0.4 is 4.90 Å². The summed E-state index contributed by atoms with van der Waals surface area (Å²) in [6, 6.07) is 12.2. The van der Waals surface area contributed by atoms with Crippen molar-refractivity contribution in [3.63, 3.8) is 0 Å². The molecule has 0 saturated carbocycles. The summed E-state index contributed by atoms with van der Waals surface area (Å²) in [6.45, 7) is 8.57. The molecule has 31 heavy (non-hydrogen) atoms. The average molecular weight is 441 g/mol. The molecule has 0 radical (unpaired) electrons. The van der Waals surface area contributed by atoms with Gasteiger partial charge in [-0.2, -0.15) is 4.31 Å². The first-order valence-corrected chi connectivity index (χ1v) is 12.6. The number of nitrogens with zero attached hydrogens (tertiary/aromatic N) is 2. The highest BCUT2D eigenvalue weighted by Crippen LogP contribution is 2.34. The molecule has 1 fully saturated rings. The fraction of sp³-hybridized carbons (Fsp3) is 0.480. The molecule has 6 heteroatoms. The van der Waals surface area contributed by atoms with Crippen molar-refractivity contribution >= 4 is 21.6 Å². The van der Waals surface area contributed by atoms with E-state index >= 15 is 0 Å². The second-order valence-corrected chi connectivity index (χ2v) is 11.0. The predicted molar refractivity (Wildman–Crippen MR) is 124 cm³/mol. The van der Waals surface area contributed by atoms with Crippen LogP contribution in [0.1, 0.15) is 48.4 Å². The Balaban J connectivity index is 1.51. The Bertz CT molecular complexity index is 1080. The number of para-hydroxylation sites is 1. The lowest BCUT2D eigenvalue weighted by Gasteiger charge is -2.39. The van der Waals surface area contributed by atoms with Crippen molar-refractivity contribution in [3.8, 4) is 0 Å². The smallest absolute Gasteiger partial charge is 0.243 e. The molecule has 1 atom stereocenters. The number of anilines is 1. The van der Waals surface area contributed by atoms with Crippen LogP contribution in [-0.2, 0) is 21.2 Å². The number of sulfonamides is 1. The fourth-order valence-corrected chi connectivity index (χ4v) is 7.15. The molecular weight excluding hydrogens is 408 g/mol. The summed E-state index contributed by atoms with van der Waals surface area (Å²) in [7, 11) is -3.57. The first-order valence-electron chi connectivity index (χ1n) is 11.2. The predicted octanol–water partition coefficient (Wildman–Crippen LogP) is 4.38. The summed E-state index contributed by atoms with van der Waals surface area (Å²) < 4.78 is 28.3. The molecule has 2 aliphatic heterocycles. The highest BCUT2D eigenvalue weighted by atomic mass is 32.2. The van der Waals surface area contributed by atoms with E-state index in [2.05, 4.69) is 13.0 Å². The van der Waals surface area contributed by atoms with Gasteiger partial charge < -0.3 is 4.90 Å². The molecule has 0 bridgehead atoms. The van der Waals surface area contributed by atoms with Gasteiger partial charge in [0.1, 0.15) is 0 Å². The van der Waals surface area contributed by atoms with E-state index < -0.39 is 10.0 Å². The summed E-state index contributed by atoms with van der Waals surface area (Å²) in [5.74, 6) is -0.000312. The number of piperidine rings is 1. The zero-order valence-corrected chi connectivity index (χ0v) is 19.7. The summed E-state index contributed by atoms with van der Waals surface area (Å²) in [5, 5.41) is 0. The van der Waals surface area contributed by atoms with Gasteiger partial charge in [-0.05, 0) is 76.1 Å². The standard InChI is InChI=1S/C25H32N2O3S/c1-17-15-18(2)24(19(3)16-17)31(29,30)26-13-11-22(12-14-26)25(28)27-20(4)9-10-21-7-5-6-8-23(21)27/h5-8,15-16,20,22H,9-14H2,1-4H3. The van der Waals surface area contributed by atoms with E-state index in [9.17, 15) is 13.2 Å². The van der Waals surface area contributed by atoms with Crippen LogP contribution in [0.3, 0.4) is 0 Å². The Hall–Kier alpha value is -2.18. The van der Waals surface area contributed by atoms with Crippen LogP contribution in [0.2, 0.25) is 0 Å². The highest BCUT2D eigenvalue weighted by Gasteiger charge is 2.37. The van der Waals surface area contributed by atoms with Crippen molar-refractivity contribution in [1.82, 2.24) is 4.31 Å². The molecule has 4 rings (SSSR count). The van der Waals surface area contributed by atoms with E-state index in [0.29, 0.717) is 30.8 Å². The number of fused-ring (bicyclic) bond motifs is 1. The molecule has 5 nitrogen and oxygen atoms in total. The number of amides is 1. The summed E-state index contributed by atoms with van der Waals surface area (Å²) >= 11 is 0. The maximum absolute atomic E-state index is 13.5. The number of hydrogen-bond donors (Lipinski definition) is 0. The summed E-state index contributed by atoms with van der Waals surface area (Å²) in [6.07, 6.45) is 3.08. The first kappa shape index (κ1) is 22.0. The molecule has 1 unspecified atom stereocenters. The second kappa shape index (κ2) is 8.40. The van der Waals surface area contributed by atoms with Gasteiger partial charge in [0.2, 0.25) is 15.9 Å². The summed E-state index contributed by atoms with van der Waals surface area (Å²) in [5.41, 5.74) is 4.88. The fourth-order valence-electron chi connectivity index (χ4n) is 5.27. The van der Waals surface area contributed by atoms with Gasteiger partial charge in [-0.15, -0.1) is 0 Å². The molecule has 0 N–H and O–H groups in total. The SMILES string of the molecule is Cc1cc(C)c(S(=O)(=O)N2CCC(C(=O)N3c4ccccc4CCC3C)CC2)c(C)c1. The van der Waals surface area contributed by atoms with Crippen LogP contribution in [0.5, 0.6) is 0 Å². The lowest BCUT2D eigenvalue weighted by molar-refractivity contribution is -0.124. The van der Waals surface area contributed by atoms with Gasteiger partial charge in [0.25, 0.3) is 0 Å². The molecule has 2 aliphatic rings. The third-order valence-corrected chi connectivity index (χ3v) is 8.97. The number of hydrogen-bond acceptors (Lipinski definition) is 3. The van der Waals surface area contributed by atoms with Gasteiger partial charge >= 0.3 is 0 Å². The number of carbonyl (C=O) groups is 1. The third-order valence-electron chi connectivity index (χ3n) is 6.77. The Morgan fingerprint density at radius 2 is 1.58 bits per heavy atom. The van der Waals surface area contributed by atoms with Gasteiger partial charge in [0.05, 0.1) is 4.90 Å². The van der Waals surface area contributed by atoms with Crippen molar-refractivity contribution in [2.45, 2.75) is 64.3 Å². The van der Waals surface area contributed by atoms with E-state index in [4.69, 9.17) is 0 Å². The van der Waals surface area contributed by atoms with Crippen LogP contribution in [0.15, 0.2) is 41.3 Å². The lowest BCUT2D eigenvalue weighted by atomic mass is 9.91. The van der Waals surface area contributed by atoms with Crippen LogP contribution in [-0.4, -0.2) is 37.8 Å². The van der Waals surface area contributed by atoms with E-state index in [-0.39, 0.29) is 17.9 Å². The number of benzene rings is 2. The largest absolute Gasteiger partial charge is 0.309 e. The third kappa shape index (κ3) is 4.03. The van der Waals surface area contributed by atoms with Gasteiger partial charge in [-0.1, -0.05) is 35.9 Å². The minimum Gasteiger partial charge on any atom is -0.309 e. The van der Waals surface area contributed by atoms with E-state index in [0.717, 1.165) is 35.2 Å². The van der Waals surface area contributed by atoms with Crippen molar-refractivity contribution in [2.24, 2.45) is 5.92 Å². The van der Waals surface area contributed by atoms with Gasteiger partial charge in [0, 0.05) is 30.7 Å². The minimum absolute atomic E-state index is 0.138. The van der Waals surface area contributed by atoms with Gasteiger partial charge in [-0.3, -0.25) is 4.79 Å². The summed E-state index contributed by atoms with van der Waals surface area (Å²) in [4.78, 5) is 15.8. The van der Waals surface area contributed by atoms with Crippen LogP contribution >= 0.6 is 0 Å². The molecule has 2 heterocycles. The molecule has 2 aromatic carbocycles. The lowest BCUT2D eigenvalue weighted by Crippen LogP contribution is -2.48. The Labute approximate surface area is 186 Å². The van der Waals surface area contributed by atoms with E-state index in [1.807, 2.05) is 56.0 Å². The molecule has 0 spiro atoms. The quantitative estimate of drug-likeness (QED) is 0.712. The molecule has 0 aromatic heterocycles. The molecule has 166 valence electrons. The van der Waals surface area contributed by atoms with Gasteiger partial charge in [-0.25, -0.2) is 8.42 Å². The molecule has 0 aliphatic carbocycles.